The molecule has 0 fully saturated rings. The van der Waals surface area contributed by atoms with E-state index in [2.05, 4.69) is 15.2 Å². The molecule has 0 unspecified atom stereocenters. The van der Waals surface area contributed by atoms with Crippen LogP contribution in [0.15, 0.2) is 89.4 Å². The van der Waals surface area contributed by atoms with Crippen molar-refractivity contribution in [1.82, 2.24) is 24.5 Å². The Balaban J connectivity index is 1.61. The minimum atomic E-state index is -0.188. The monoisotopic (exact) mass is 427 g/mol. The Hall–Kier alpha value is -4.04. The largest absolute Gasteiger partial charge is 0.494 e. The zero-order valence-electron chi connectivity index (χ0n) is 16.5. The van der Waals surface area contributed by atoms with Gasteiger partial charge in [0.2, 0.25) is 5.43 Å². The van der Waals surface area contributed by atoms with E-state index in [0.717, 1.165) is 21.9 Å². The minimum Gasteiger partial charge on any atom is -0.494 e. The number of hydrogen-bond donors (Lipinski definition) is 0. The zero-order valence-corrected chi connectivity index (χ0v) is 17.4. The van der Waals surface area contributed by atoms with E-state index in [1.165, 1.54) is 6.07 Å². The van der Waals surface area contributed by atoms with E-state index in [1.807, 2.05) is 53.9 Å². The van der Waals surface area contributed by atoms with E-state index in [4.69, 9.17) is 4.74 Å². The van der Waals surface area contributed by atoms with Crippen molar-refractivity contribution in [3.63, 3.8) is 0 Å². The lowest BCUT2D eigenvalue weighted by atomic mass is 10.2. The van der Waals surface area contributed by atoms with Crippen molar-refractivity contribution in [2.45, 2.75) is 0 Å². The summed E-state index contributed by atoms with van der Waals surface area (Å²) in [5, 5.41) is 11.8. The quantitative estimate of drug-likeness (QED) is 0.420. The van der Waals surface area contributed by atoms with Crippen LogP contribution in [0.1, 0.15) is 0 Å². The molecule has 0 amide bonds. The summed E-state index contributed by atoms with van der Waals surface area (Å²) >= 11 is 1.56. The van der Waals surface area contributed by atoms with Crippen molar-refractivity contribution in [2.24, 2.45) is 0 Å². The standard InChI is InChI=1S/C23H17N5O2S/c1-30-21-15-16(23-24-12-14-31-23)7-8-18(21)27-13-10-20(29)22(26-27)19-9-11-25-28(19)17-5-3-2-4-6-17/h2-15H,1H3. The van der Waals surface area contributed by atoms with E-state index >= 15 is 0 Å². The van der Waals surface area contributed by atoms with Crippen LogP contribution in [0.25, 0.3) is 33.3 Å². The number of nitrogens with zero attached hydrogens (tertiary/aromatic N) is 5. The van der Waals surface area contributed by atoms with Crippen LogP contribution in [0.5, 0.6) is 5.75 Å². The van der Waals surface area contributed by atoms with Gasteiger partial charge < -0.3 is 4.74 Å². The molecule has 0 saturated heterocycles. The molecule has 5 rings (SSSR count). The Labute approximate surface area is 181 Å². The molecular weight excluding hydrogens is 410 g/mol. The zero-order chi connectivity index (χ0) is 21.2. The molecule has 0 radical (unpaired) electrons. The van der Waals surface area contributed by atoms with Gasteiger partial charge in [0, 0.05) is 29.4 Å². The van der Waals surface area contributed by atoms with Crippen molar-refractivity contribution in [3.05, 3.63) is 94.9 Å². The first-order chi connectivity index (χ1) is 15.2. The highest BCUT2D eigenvalue weighted by atomic mass is 32.1. The third kappa shape index (κ3) is 3.53. The molecule has 31 heavy (non-hydrogen) atoms. The van der Waals surface area contributed by atoms with Crippen LogP contribution in [0, 0.1) is 0 Å². The van der Waals surface area contributed by atoms with E-state index in [9.17, 15) is 4.79 Å². The van der Waals surface area contributed by atoms with Gasteiger partial charge in [-0.05, 0) is 36.4 Å². The summed E-state index contributed by atoms with van der Waals surface area (Å²) in [4.78, 5) is 17.0. The maximum Gasteiger partial charge on any atom is 0.209 e. The maximum atomic E-state index is 12.7. The van der Waals surface area contributed by atoms with Crippen molar-refractivity contribution in [2.75, 3.05) is 7.11 Å². The second-order valence-corrected chi connectivity index (χ2v) is 7.56. The molecule has 7 nitrogen and oxygen atoms in total. The third-order valence-electron chi connectivity index (χ3n) is 4.80. The van der Waals surface area contributed by atoms with E-state index in [1.54, 1.807) is 52.5 Å². The molecule has 3 heterocycles. The summed E-state index contributed by atoms with van der Waals surface area (Å²) in [6, 6.07) is 18.7. The fourth-order valence-corrected chi connectivity index (χ4v) is 3.98. The number of thiazole rings is 1. The summed E-state index contributed by atoms with van der Waals surface area (Å²) in [7, 11) is 1.61. The van der Waals surface area contributed by atoms with Gasteiger partial charge >= 0.3 is 0 Å². The highest BCUT2D eigenvalue weighted by molar-refractivity contribution is 7.13. The van der Waals surface area contributed by atoms with Crippen LogP contribution >= 0.6 is 11.3 Å². The number of aromatic nitrogens is 5. The first-order valence-corrected chi connectivity index (χ1v) is 10.4. The molecule has 0 bridgehead atoms. The Bertz CT molecular complexity index is 1390. The number of rotatable bonds is 5. The van der Waals surface area contributed by atoms with Gasteiger partial charge in [-0.1, -0.05) is 18.2 Å². The highest BCUT2D eigenvalue weighted by Crippen LogP contribution is 2.30. The summed E-state index contributed by atoms with van der Waals surface area (Å²) in [6.07, 6.45) is 5.06. The van der Waals surface area contributed by atoms with E-state index in [-0.39, 0.29) is 5.43 Å². The average molecular weight is 427 g/mol. The second kappa shape index (κ2) is 8.00. The molecule has 0 aliphatic rings. The number of para-hydroxylation sites is 1. The fourth-order valence-electron chi connectivity index (χ4n) is 3.34. The number of methoxy groups -OCH3 is 1. The van der Waals surface area contributed by atoms with Crippen LogP contribution in [0.4, 0.5) is 0 Å². The maximum absolute atomic E-state index is 12.7. The summed E-state index contributed by atoms with van der Waals surface area (Å²) in [5.41, 5.74) is 3.25. The third-order valence-corrected chi connectivity index (χ3v) is 5.62. The second-order valence-electron chi connectivity index (χ2n) is 6.66. The van der Waals surface area contributed by atoms with Gasteiger partial charge in [0.1, 0.15) is 16.4 Å². The van der Waals surface area contributed by atoms with E-state index < -0.39 is 0 Å². The lowest BCUT2D eigenvalue weighted by Crippen LogP contribution is -2.15. The molecule has 0 saturated carbocycles. The Morgan fingerprint density at radius 1 is 1.00 bits per heavy atom. The predicted molar refractivity (Wildman–Crippen MR) is 120 cm³/mol. The summed E-state index contributed by atoms with van der Waals surface area (Å²) in [5.74, 6) is 0.631. The number of benzene rings is 2. The van der Waals surface area contributed by atoms with Crippen LogP contribution in [-0.2, 0) is 0 Å². The van der Waals surface area contributed by atoms with Crippen molar-refractivity contribution < 1.29 is 4.74 Å². The van der Waals surface area contributed by atoms with Crippen LogP contribution in [0.2, 0.25) is 0 Å². The molecule has 0 atom stereocenters. The Kier molecular flexibility index (Phi) is 4.89. The van der Waals surface area contributed by atoms with Gasteiger partial charge in [0.15, 0.2) is 5.69 Å². The van der Waals surface area contributed by atoms with Crippen LogP contribution in [0.3, 0.4) is 0 Å². The van der Waals surface area contributed by atoms with Crippen molar-refractivity contribution in [1.29, 1.82) is 0 Å². The van der Waals surface area contributed by atoms with Crippen LogP contribution < -0.4 is 10.2 Å². The lowest BCUT2D eigenvalue weighted by Gasteiger charge is -2.13. The normalized spacial score (nSPS) is 10.9. The molecular formula is C23H17N5O2S. The molecule has 0 aliphatic carbocycles. The molecule has 0 spiro atoms. The van der Waals surface area contributed by atoms with Gasteiger partial charge in [-0.3, -0.25) is 4.79 Å². The van der Waals surface area contributed by atoms with Gasteiger partial charge in [-0.2, -0.15) is 10.2 Å². The first-order valence-electron chi connectivity index (χ1n) is 9.53. The van der Waals surface area contributed by atoms with Crippen molar-refractivity contribution in [3.8, 4) is 39.1 Å². The molecule has 0 N–H and O–H groups in total. The summed E-state index contributed by atoms with van der Waals surface area (Å²) < 4.78 is 8.96. The van der Waals surface area contributed by atoms with Crippen LogP contribution in [-0.4, -0.2) is 31.7 Å². The van der Waals surface area contributed by atoms with Gasteiger partial charge in [0.25, 0.3) is 0 Å². The SMILES string of the molecule is COc1cc(-c2nccs2)ccc1-n1ccc(=O)c(-c2ccnn2-c2ccccc2)n1. The lowest BCUT2D eigenvalue weighted by molar-refractivity contribution is 0.411. The smallest absolute Gasteiger partial charge is 0.209 e. The van der Waals surface area contributed by atoms with Gasteiger partial charge in [0.05, 0.1) is 24.7 Å². The Morgan fingerprint density at radius 3 is 2.65 bits per heavy atom. The number of ether oxygens (including phenoxy) is 1. The summed E-state index contributed by atoms with van der Waals surface area (Å²) in [6.45, 7) is 0. The van der Waals surface area contributed by atoms with E-state index in [0.29, 0.717) is 17.1 Å². The molecule has 3 aromatic heterocycles. The van der Waals surface area contributed by atoms with Crippen molar-refractivity contribution >= 4 is 11.3 Å². The topological polar surface area (TPSA) is 74.8 Å². The Morgan fingerprint density at radius 2 is 1.87 bits per heavy atom. The minimum absolute atomic E-state index is 0.188. The fraction of sp³-hybridized carbons (Fsp3) is 0.0435. The molecule has 0 aliphatic heterocycles. The molecule has 152 valence electrons. The average Bonchev–Trinajstić information content (AvgIpc) is 3.52. The van der Waals surface area contributed by atoms with Gasteiger partial charge in [-0.15, -0.1) is 11.3 Å². The molecule has 5 aromatic rings. The molecule has 2 aromatic carbocycles. The highest BCUT2D eigenvalue weighted by Gasteiger charge is 2.15. The number of hydrogen-bond acceptors (Lipinski definition) is 6. The first kappa shape index (κ1) is 19.0. The van der Waals surface area contributed by atoms with Gasteiger partial charge in [-0.25, -0.2) is 14.3 Å². The predicted octanol–water partition coefficient (Wildman–Crippen LogP) is 4.22. The molecule has 8 heteroatoms.